The number of nitrogens with zero attached hydrogens (tertiary/aromatic N) is 4. The number of carbonyl (C=O) groups excluding carboxylic acids is 1. The van der Waals surface area contributed by atoms with Crippen LogP contribution in [-0.2, 0) is 19.6 Å². The van der Waals surface area contributed by atoms with Gasteiger partial charge in [-0.25, -0.2) is 0 Å². The van der Waals surface area contributed by atoms with E-state index in [1.807, 2.05) is 24.3 Å². The number of pyridine rings is 1. The van der Waals surface area contributed by atoms with Crippen LogP contribution in [0.2, 0.25) is 0 Å². The van der Waals surface area contributed by atoms with Crippen molar-refractivity contribution in [1.82, 2.24) is 20.1 Å². The van der Waals surface area contributed by atoms with Crippen molar-refractivity contribution in [3.8, 4) is 17.4 Å². The van der Waals surface area contributed by atoms with Crippen molar-refractivity contribution >= 4 is 5.91 Å². The smallest absolute Gasteiger partial charge is 0.274 e. The molecular formula is C22H22N4O4. The second-order valence-electron chi connectivity index (χ2n) is 6.85. The summed E-state index contributed by atoms with van der Waals surface area (Å²) in [5.74, 6) is 1.68. The third kappa shape index (κ3) is 4.32. The van der Waals surface area contributed by atoms with Crippen LogP contribution in [0.3, 0.4) is 0 Å². The molecule has 0 unspecified atom stereocenters. The van der Waals surface area contributed by atoms with Gasteiger partial charge in [0.2, 0.25) is 5.88 Å². The van der Waals surface area contributed by atoms with E-state index in [1.165, 1.54) is 12.7 Å². The fourth-order valence-corrected chi connectivity index (χ4v) is 3.28. The van der Waals surface area contributed by atoms with E-state index in [-0.39, 0.29) is 5.91 Å². The van der Waals surface area contributed by atoms with E-state index in [9.17, 15) is 4.79 Å². The van der Waals surface area contributed by atoms with Gasteiger partial charge < -0.3 is 19.1 Å². The first-order valence-electron chi connectivity index (χ1n) is 9.57. The molecule has 1 aliphatic rings. The summed E-state index contributed by atoms with van der Waals surface area (Å²) in [6.07, 6.45) is 2.45. The van der Waals surface area contributed by atoms with Crippen molar-refractivity contribution in [1.29, 1.82) is 0 Å². The molecule has 0 N–H and O–H groups in total. The minimum absolute atomic E-state index is 0.149. The van der Waals surface area contributed by atoms with Gasteiger partial charge >= 0.3 is 0 Å². The molecule has 1 amide bonds. The molecule has 8 nitrogen and oxygen atoms in total. The lowest BCUT2D eigenvalue weighted by Gasteiger charge is -2.28. The molecule has 30 heavy (non-hydrogen) atoms. The molecule has 0 spiro atoms. The number of aromatic nitrogens is 3. The fraction of sp³-hybridized carbons (Fsp3) is 0.273. The van der Waals surface area contributed by atoms with Crippen molar-refractivity contribution < 1.29 is 19.0 Å². The summed E-state index contributed by atoms with van der Waals surface area (Å²) in [4.78, 5) is 18.9. The van der Waals surface area contributed by atoms with E-state index >= 15 is 0 Å². The highest BCUT2D eigenvalue weighted by Crippen LogP contribution is 2.25. The van der Waals surface area contributed by atoms with Crippen molar-refractivity contribution in [3.63, 3.8) is 0 Å². The third-order valence-corrected chi connectivity index (χ3v) is 4.97. The first-order valence-corrected chi connectivity index (χ1v) is 9.57. The van der Waals surface area contributed by atoms with Crippen molar-refractivity contribution in [2.75, 3.05) is 20.8 Å². The van der Waals surface area contributed by atoms with Crippen LogP contribution in [-0.4, -0.2) is 46.8 Å². The average molecular weight is 406 g/mol. The molecule has 0 bridgehead atoms. The van der Waals surface area contributed by atoms with Crippen molar-refractivity contribution in [2.24, 2.45) is 0 Å². The summed E-state index contributed by atoms with van der Waals surface area (Å²) >= 11 is 0. The van der Waals surface area contributed by atoms with Gasteiger partial charge in [0.1, 0.15) is 18.1 Å². The number of carbonyl (C=O) groups is 1. The zero-order valence-electron chi connectivity index (χ0n) is 16.9. The monoisotopic (exact) mass is 406 g/mol. The van der Waals surface area contributed by atoms with Crippen LogP contribution in [0, 0.1) is 0 Å². The van der Waals surface area contributed by atoms with E-state index in [0.29, 0.717) is 37.0 Å². The molecule has 4 rings (SSSR count). The quantitative estimate of drug-likeness (QED) is 0.622. The van der Waals surface area contributed by atoms with Gasteiger partial charge in [-0.05, 0) is 47.9 Å². The Bertz CT molecular complexity index is 1020. The lowest BCUT2D eigenvalue weighted by molar-refractivity contribution is 0.0727. The third-order valence-electron chi connectivity index (χ3n) is 4.97. The number of benzene rings is 1. The van der Waals surface area contributed by atoms with Gasteiger partial charge in [0.05, 0.1) is 26.1 Å². The summed E-state index contributed by atoms with van der Waals surface area (Å²) in [5.41, 5.74) is 3.40. The Balaban J connectivity index is 1.42. The minimum atomic E-state index is -0.149. The molecule has 8 heteroatoms. The van der Waals surface area contributed by atoms with E-state index < -0.39 is 0 Å². The number of fused-ring (bicyclic) bond motifs is 1. The standard InChI is InChI=1S/C22H22N4O4/c1-28-19-6-4-17(23-12-19)14-30-18-5-3-15-9-10-26(13-16(15)11-18)22(27)20-7-8-21(29-2)25-24-20/h3-8,11-12H,9-10,13-14H2,1-2H3. The van der Waals surface area contributed by atoms with E-state index in [1.54, 1.807) is 30.3 Å². The number of methoxy groups -OCH3 is 2. The molecule has 1 aromatic carbocycles. The highest BCUT2D eigenvalue weighted by atomic mass is 16.5. The lowest BCUT2D eigenvalue weighted by atomic mass is 9.99. The second-order valence-corrected chi connectivity index (χ2v) is 6.85. The zero-order valence-corrected chi connectivity index (χ0v) is 16.9. The van der Waals surface area contributed by atoms with Crippen molar-refractivity contribution in [3.05, 3.63) is 71.2 Å². The summed E-state index contributed by atoms with van der Waals surface area (Å²) in [7, 11) is 3.12. The van der Waals surface area contributed by atoms with Crippen LogP contribution < -0.4 is 14.2 Å². The van der Waals surface area contributed by atoms with Crippen LogP contribution in [0.4, 0.5) is 0 Å². The van der Waals surface area contributed by atoms with Gasteiger partial charge in [0.25, 0.3) is 5.91 Å². The molecule has 3 heterocycles. The largest absolute Gasteiger partial charge is 0.495 e. The predicted octanol–water partition coefficient (Wildman–Crippen LogP) is 2.67. The van der Waals surface area contributed by atoms with Crippen LogP contribution in [0.1, 0.15) is 27.3 Å². The van der Waals surface area contributed by atoms with Gasteiger partial charge in [-0.1, -0.05) is 6.07 Å². The molecule has 0 radical (unpaired) electrons. The van der Waals surface area contributed by atoms with Crippen LogP contribution >= 0.6 is 0 Å². The van der Waals surface area contributed by atoms with E-state index in [4.69, 9.17) is 14.2 Å². The minimum Gasteiger partial charge on any atom is -0.495 e. The first-order chi connectivity index (χ1) is 14.7. The van der Waals surface area contributed by atoms with Gasteiger partial charge in [0, 0.05) is 19.2 Å². The summed E-state index contributed by atoms with van der Waals surface area (Å²) in [6, 6.07) is 13.0. The van der Waals surface area contributed by atoms with Crippen molar-refractivity contribution in [2.45, 2.75) is 19.6 Å². The zero-order chi connectivity index (χ0) is 20.9. The maximum absolute atomic E-state index is 12.8. The predicted molar refractivity (Wildman–Crippen MR) is 109 cm³/mol. The normalized spacial score (nSPS) is 12.8. The molecule has 0 atom stereocenters. The molecule has 0 saturated heterocycles. The fourth-order valence-electron chi connectivity index (χ4n) is 3.28. The Kier molecular flexibility index (Phi) is 5.74. The van der Waals surface area contributed by atoms with Gasteiger partial charge in [-0.2, -0.15) is 0 Å². The molecule has 0 fully saturated rings. The van der Waals surface area contributed by atoms with Gasteiger partial charge in [-0.3, -0.25) is 9.78 Å². The van der Waals surface area contributed by atoms with Crippen LogP contribution in [0.5, 0.6) is 17.4 Å². The number of rotatable bonds is 6. The molecule has 154 valence electrons. The molecule has 0 saturated carbocycles. The molecule has 1 aliphatic heterocycles. The summed E-state index contributed by atoms with van der Waals surface area (Å²) in [6.45, 7) is 1.49. The number of hydrogen-bond acceptors (Lipinski definition) is 7. The maximum atomic E-state index is 12.8. The highest BCUT2D eigenvalue weighted by molar-refractivity contribution is 5.92. The molecular weight excluding hydrogens is 384 g/mol. The Morgan fingerprint density at radius 2 is 1.87 bits per heavy atom. The first kappa shape index (κ1) is 19.6. The number of ether oxygens (including phenoxy) is 3. The maximum Gasteiger partial charge on any atom is 0.274 e. The van der Waals surface area contributed by atoms with Crippen LogP contribution in [0.25, 0.3) is 0 Å². The average Bonchev–Trinajstić information content (AvgIpc) is 2.82. The summed E-state index contributed by atoms with van der Waals surface area (Å²) in [5, 5.41) is 7.85. The van der Waals surface area contributed by atoms with Gasteiger partial charge in [-0.15, -0.1) is 10.2 Å². The second kappa shape index (κ2) is 8.77. The molecule has 3 aromatic rings. The molecule has 2 aromatic heterocycles. The summed E-state index contributed by atoms with van der Waals surface area (Å²) < 4.78 is 16.0. The Labute approximate surface area is 174 Å². The Hall–Kier alpha value is -3.68. The van der Waals surface area contributed by atoms with E-state index in [2.05, 4.69) is 21.2 Å². The SMILES string of the molecule is COc1ccc(COc2ccc3c(c2)CN(C(=O)c2ccc(OC)nn2)CC3)nc1. The van der Waals surface area contributed by atoms with Gasteiger partial charge in [0.15, 0.2) is 5.69 Å². The van der Waals surface area contributed by atoms with Crippen LogP contribution in [0.15, 0.2) is 48.7 Å². The number of hydrogen-bond donors (Lipinski definition) is 0. The Morgan fingerprint density at radius 3 is 2.57 bits per heavy atom. The number of amides is 1. The topological polar surface area (TPSA) is 86.7 Å². The lowest BCUT2D eigenvalue weighted by Crippen LogP contribution is -2.36. The molecule has 0 aliphatic carbocycles. The Morgan fingerprint density at radius 1 is 1.00 bits per heavy atom. The highest BCUT2D eigenvalue weighted by Gasteiger charge is 2.23. The van der Waals surface area contributed by atoms with E-state index in [0.717, 1.165) is 23.4 Å².